The maximum Gasteiger partial charge on any atom is 0.303 e. The van der Waals surface area contributed by atoms with Crippen molar-refractivity contribution in [3.63, 3.8) is 0 Å². The fraction of sp³-hybridized carbons (Fsp3) is 0.273. The van der Waals surface area contributed by atoms with E-state index < -0.39 is 5.97 Å². The molecule has 5 heteroatoms. The molecule has 16 heavy (non-hydrogen) atoms. The molecule has 0 saturated carbocycles. The molecule has 0 saturated heterocycles. The Morgan fingerprint density at radius 2 is 2.06 bits per heavy atom. The largest absolute Gasteiger partial charge is 0.496 e. The summed E-state index contributed by atoms with van der Waals surface area (Å²) in [4.78, 5) is 22.1. The highest BCUT2D eigenvalue weighted by Gasteiger charge is 2.10. The van der Waals surface area contributed by atoms with Gasteiger partial charge in [-0.25, -0.2) is 0 Å². The smallest absolute Gasteiger partial charge is 0.303 e. The first-order valence-corrected chi connectivity index (χ1v) is 5.34. The molecule has 0 heterocycles. The van der Waals surface area contributed by atoms with Crippen LogP contribution in [-0.4, -0.2) is 25.5 Å². The summed E-state index contributed by atoms with van der Waals surface area (Å²) in [5.41, 5.74) is 0.446. The summed E-state index contributed by atoms with van der Waals surface area (Å²) < 4.78 is 10.4. The van der Waals surface area contributed by atoms with Gasteiger partial charge in [0.25, 0.3) is 0 Å². The first-order chi connectivity index (χ1) is 7.54. The Hall–Kier alpha value is -1.36. The Bertz CT molecular complexity index is 414. The quantitative estimate of drug-likeness (QED) is 0.629. The summed E-state index contributed by atoms with van der Waals surface area (Å²) in [6.45, 7) is 1.01. The molecule has 0 aliphatic heterocycles. The first kappa shape index (κ1) is 12.7. The molecule has 0 bridgehead atoms. The predicted octanol–water partition coefficient (Wildman–Crippen LogP) is 2.20. The molecular weight excluding hydrogens is 276 g/mol. The van der Waals surface area contributed by atoms with E-state index in [1.54, 1.807) is 18.2 Å². The Labute approximate surface area is 102 Å². The lowest BCUT2D eigenvalue weighted by molar-refractivity contribution is -0.139. The number of carbonyl (C=O) groups excluding carboxylic acids is 2. The lowest BCUT2D eigenvalue weighted by Gasteiger charge is -2.06. The van der Waals surface area contributed by atoms with Gasteiger partial charge in [-0.1, -0.05) is 0 Å². The molecule has 4 nitrogen and oxygen atoms in total. The van der Waals surface area contributed by atoms with E-state index in [0.29, 0.717) is 11.3 Å². The third-order valence-corrected chi connectivity index (χ3v) is 2.53. The molecule has 1 aromatic carbocycles. The maximum absolute atomic E-state index is 11.6. The highest BCUT2D eigenvalue weighted by Crippen LogP contribution is 2.25. The van der Waals surface area contributed by atoms with Crippen LogP contribution in [0.2, 0.25) is 0 Å². The minimum absolute atomic E-state index is 0.250. The molecule has 1 rings (SSSR count). The second-order valence-corrected chi connectivity index (χ2v) is 3.91. The number of methoxy groups -OCH3 is 1. The highest BCUT2D eigenvalue weighted by atomic mass is 79.9. The van der Waals surface area contributed by atoms with E-state index in [-0.39, 0.29) is 12.4 Å². The van der Waals surface area contributed by atoms with E-state index in [9.17, 15) is 9.59 Å². The van der Waals surface area contributed by atoms with Crippen molar-refractivity contribution in [2.45, 2.75) is 6.92 Å². The van der Waals surface area contributed by atoms with E-state index in [4.69, 9.17) is 4.74 Å². The molecule has 0 aliphatic carbocycles. The Morgan fingerprint density at radius 3 is 2.62 bits per heavy atom. The van der Waals surface area contributed by atoms with Crippen LogP contribution >= 0.6 is 15.9 Å². The van der Waals surface area contributed by atoms with Crippen LogP contribution < -0.4 is 4.74 Å². The van der Waals surface area contributed by atoms with Crippen molar-refractivity contribution in [2.24, 2.45) is 0 Å². The summed E-state index contributed by atoms with van der Waals surface area (Å²) in [6, 6.07) is 4.94. The van der Waals surface area contributed by atoms with Crippen molar-refractivity contribution in [3.8, 4) is 5.75 Å². The van der Waals surface area contributed by atoms with Crippen molar-refractivity contribution in [1.29, 1.82) is 0 Å². The van der Waals surface area contributed by atoms with Gasteiger partial charge in [-0.05, 0) is 34.1 Å². The summed E-state index contributed by atoms with van der Waals surface area (Å²) >= 11 is 3.28. The van der Waals surface area contributed by atoms with E-state index >= 15 is 0 Å². The van der Waals surface area contributed by atoms with Gasteiger partial charge in [0, 0.05) is 12.5 Å². The number of hydrogen-bond acceptors (Lipinski definition) is 4. The zero-order valence-electron chi connectivity index (χ0n) is 8.95. The zero-order chi connectivity index (χ0) is 12.1. The minimum Gasteiger partial charge on any atom is -0.496 e. The van der Waals surface area contributed by atoms with Gasteiger partial charge in [0.2, 0.25) is 0 Å². The van der Waals surface area contributed by atoms with Crippen molar-refractivity contribution in [3.05, 3.63) is 28.2 Å². The molecule has 0 aromatic heterocycles. The highest BCUT2D eigenvalue weighted by molar-refractivity contribution is 9.10. The van der Waals surface area contributed by atoms with Crippen molar-refractivity contribution in [1.82, 2.24) is 0 Å². The molecule has 0 atom stereocenters. The van der Waals surface area contributed by atoms with Crippen molar-refractivity contribution >= 4 is 27.7 Å². The van der Waals surface area contributed by atoms with Crippen molar-refractivity contribution < 1.29 is 19.1 Å². The number of rotatable bonds is 4. The summed E-state index contributed by atoms with van der Waals surface area (Å²) in [5.74, 6) is -0.174. The normalized spacial score (nSPS) is 9.69. The Morgan fingerprint density at radius 1 is 1.38 bits per heavy atom. The average Bonchev–Trinajstić information content (AvgIpc) is 2.26. The second-order valence-electron chi connectivity index (χ2n) is 3.05. The van der Waals surface area contributed by atoms with Gasteiger partial charge in [0.1, 0.15) is 5.75 Å². The van der Waals surface area contributed by atoms with Gasteiger partial charge in [0.05, 0.1) is 11.6 Å². The van der Waals surface area contributed by atoms with Gasteiger partial charge < -0.3 is 9.47 Å². The maximum atomic E-state index is 11.6. The Kier molecular flexibility index (Phi) is 4.49. The summed E-state index contributed by atoms with van der Waals surface area (Å²) in [5, 5.41) is 0. The lowest BCUT2D eigenvalue weighted by Crippen LogP contribution is -2.11. The van der Waals surface area contributed by atoms with Crippen molar-refractivity contribution in [2.75, 3.05) is 13.7 Å². The fourth-order valence-electron chi connectivity index (χ4n) is 1.08. The molecule has 0 amide bonds. The number of Topliss-reactive ketones (excluding diaryl/α,β-unsaturated/α-hetero) is 1. The fourth-order valence-corrected chi connectivity index (χ4v) is 1.49. The van der Waals surface area contributed by atoms with Crippen LogP contribution in [-0.2, 0) is 9.53 Å². The van der Waals surface area contributed by atoms with Crippen LogP contribution in [0.4, 0.5) is 0 Å². The molecule has 0 unspecified atom stereocenters. The first-order valence-electron chi connectivity index (χ1n) is 4.54. The van der Waals surface area contributed by atoms with Gasteiger partial charge in [-0.2, -0.15) is 0 Å². The molecule has 0 N–H and O–H groups in total. The molecule has 0 aliphatic rings. The van der Waals surface area contributed by atoms with Gasteiger partial charge in [-0.15, -0.1) is 0 Å². The molecule has 0 radical (unpaired) electrons. The van der Waals surface area contributed by atoms with Crippen LogP contribution in [0.5, 0.6) is 5.75 Å². The number of esters is 1. The van der Waals surface area contributed by atoms with E-state index in [1.165, 1.54) is 14.0 Å². The minimum atomic E-state index is -0.475. The zero-order valence-corrected chi connectivity index (χ0v) is 10.5. The topological polar surface area (TPSA) is 52.6 Å². The molecule has 0 fully saturated rings. The summed E-state index contributed by atoms with van der Waals surface area (Å²) in [6.07, 6.45) is 0. The van der Waals surface area contributed by atoms with E-state index in [1.807, 2.05) is 0 Å². The van der Waals surface area contributed by atoms with Crippen LogP contribution in [0.1, 0.15) is 17.3 Å². The number of benzene rings is 1. The van der Waals surface area contributed by atoms with E-state index in [2.05, 4.69) is 20.7 Å². The van der Waals surface area contributed by atoms with Crippen LogP contribution in [0.3, 0.4) is 0 Å². The number of carbonyl (C=O) groups is 2. The third kappa shape index (κ3) is 3.34. The number of halogens is 1. The molecular formula is C11H11BrO4. The predicted molar refractivity (Wildman–Crippen MR) is 61.7 cm³/mol. The molecule has 1 aromatic rings. The van der Waals surface area contributed by atoms with Crippen LogP contribution in [0.15, 0.2) is 22.7 Å². The monoisotopic (exact) mass is 286 g/mol. The second kappa shape index (κ2) is 5.65. The van der Waals surface area contributed by atoms with Gasteiger partial charge in [-0.3, -0.25) is 9.59 Å². The standard InChI is InChI=1S/C11H11BrO4/c1-7(13)16-6-10(14)8-3-4-9(12)11(5-8)15-2/h3-5H,6H2,1-2H3. The summed E-state index contributed by atoms with van der Waals surface area (Å²) in [7, 11) is 1.51. The number of ketones is 1. The number of hydrogen-bond donors (Lipinski definition) is 0. The third-order valence-electron chi connectivity index (χ3n) is 1.88. The lowest BCUT2D eigenvalue weighted by atomic mass is 10.1. The van der Waals surface area contributed by atoms with Gasteiger partial charge >= 0.3 is 5.97 Å². The van der Waals surface area contributed by atoms with Gasteiger partial charge in [0.15, 0.2) is 12.4 Å². The van der Waals surface area contributed by atoms with E-state index in [0.717, 1.165) is 4.47 Å². The average molecular weight is 287 g/mol. The SMILES string of the molecule is COc1cc(C(=O)COC(C)=O)ccc1Br. The molecule has 0 spiro atoms. The Balaban J connectivity index is 2.80. The molecule has 86 valence electrons. The van der Waals surface area contributed by atoms with Crippen LogP contribution in [0.25, 0.3) is 0 Å². The number of ether oxygens (including phenoxy) is 2. The van der Waals surface area contributed by atoms with Crippen LogP contribution in [0, 0.1) is 0 Å².